The van der Waals surface area contributed by atoms with Gasteiger partial charge in [0.05, 0.1) is 6.10 Å². The molecular formula is C21H25NO3. The summed E-state index contributed by atoms with van der Waals surface area (Å²) >= 11 is 0. The van der Waals surface area contributed by atoms with Crippen LogP contribution >= 0.6 is 0 Å². The molecule has 0 radical (unpaired) electrons. The summed E-state index contributed by atoms with van der Waals surface area (Å²) < 4.78 is 5.69. The number of amides is 1. The summed E-state index contributed by atoms with van der Waals surface area (Å²) in [4.78, 5) is 13.3. The van der Waals surface area contributed by atoms with Gasteiger partial charge in [0, 0.05) is 20.0 Å². The highest BCUT2D eigenvalue weighted by atomic mass is 16.5. The molecule has 4 heteroatoms. The number of aliphatic hydroxyl groups is 1. The molecule has 0 saturated carbocycles. The number of aliphatic hydroxyl groups excluding tert-OH is 1. The van der Waals surface area contributed by atoms with Gasteiger partial charge in [0.2, 0.25) is 5.91 Å². The molecule has 1 heterocycles. The van der Waals surface area contributed by atoms with E-state index in [-0.39, 0.29) is 12.5 Å². The fraction of sp³-hybridized carbons (Fsp3) is 0.381. The molecule has 3 rings (SSSR count). The minimum absolute atomic E-state index is 0.203. The molecule has 1 fully saturated rings. The molecule has 0 aromatic heterocycles. The molecule has 1 aliphatic rings. The largest absolute Gasteiger partial charge is 0.491 e. The summed E-state index contributed by atoms with van der Waals surface area (Å²) in [5.74, 6) is 1.32. The Balaban J connectivity index is 1.43. The summed E-state index contributed by atoms with van der Waals surface area (Å²) in [6.07, 6.45) is 1.61. The Morgan fingerprint density at radius 2 is 1.80 bits per heavy atom. The first-order chi connectivity index (χ1) is 12.1. The molecule has 1 amide bonds. The van der Waals surface area contributed by atoms with Crippen LogP contribution in [-0.4, -0.2) is 42.2 Å². The Morgan fingerprint density at radius 1 is 1.12 bits per heavy atom. The fourth-order valence-corrected chi connectivity index (χ4v) is 3.23. The number of hydrogen-bond donors (Lipinski definition) is 1. The zero-order valence-electron chi connectivity index (χ0n) is 14.6. The van der Waals surface area contributed by atoms with E-state index in [4.69, 9.17) is 4.74 Å². The van der Waals surface area contributed by atoms with Crippen molar-refractivity contribution in [2.24, 2.45) is 5.92 Å². The lowest BCUT2D eigenvalue weighted by Gasteiger charge is -2.15. The lowest BCUT2D eigenvalue weighted by Crippen LogP contribution is -2.20. The number of hydrogen-bond acceptors (Lipinski definition) is 3. The van der Waals surface area contributed by atoms with Crippen LogP contribution < -0.4 is 4.74 Å². The first-order valence-corrected chi connectivity index (χ1v) is 8.82. The van der Waals surface area contributed by atoms with Crippen LogP contribution in [0.15, 0.2) is 54.6 Å². The third-order valence-electron chi connectivity index (χ3n) is 4.73. The van der Waals surface area contributed by atoms with Crippen molar-refractivity contribution in [3.05, 3.63) is 54.6 Å². The summed E-state index contributed by atoms with van der Waals surface area (Å²) in [7, 11) is 1.83. The van der Waals surface area contributed by atoms with Crippen molar-refractivity contribution in [2.45, 2.75) is 25.4 Å². The maximum Gasteiger partial charge on any atom is 0.222 e. The van der Waals surface area contributed by atoms with E-state index in [1.54, 1.807) is 4.90 Å². The SMILES string of the molecule is CN1CC(CCC(O)COc2ccc(-c3ccccc3)cc2)CC1=O. The highest BCUT2D eigenvalue weighted by Gasteiger charge is 2.26. The number of nitrogens with zero attached hydrogens (tertiary/aromatic N) is 1. The Labute approximate surface area is 149 Å². The summed E-state index contributed by atoms with van der Waals surface area (Å²) in [5.41, 5.74) is 2.31. The average molecular weight is 339 g/mol. The molecular weight excluding hydrogens is 314 g/mol. The van der Waals surface area contributed by atoms with Crippen LogP contribution in [0.5, 0.6) is 5.75 Å². The molecule has 0 aliphatic carbocycles. The second-order valence-corrected chi connectivity index (χ2v) is 6.78. The Hall–Kier alpha value is -2.33. The maximum atomic E-state index is 11.5. The number of rotatable bonds is 7. The van der Waals surface area contributed by atoms with Crippen LogP contribution in [0.3, 0.4) is 0 Å². The fourth-order valence-electron chi connectivity index (χ4n) is 3.23. The van der Waals surface area contributed by atoms with E-state index in [0.717, 1.165) is 24.3 Å². The van der Waals surface area contributed by atoms with Gasteiger partial charge in [0.15, 0.2) is 0 Å². The first-order valence-electron chi connectivity index (χ1n) is 8.82. The van der Waals surface area contributed by atoms with E-state index < -0.39 is 6.10 Å². The molecule has 1 aliphatic heterocycles. The van der Waals surface area contributed by atoms with Crippen molar-refractivity contribution in [3.8, 4) is 16.9 Å². The van der Waals surface area contributed by atoms with Gasteiger partial charge in [-0.15, -0.1) is 0 Å². The number of carbonyl (C=O) groups is 1. The van der Waals surface area contributed by atoms with Gasteiger partial charge in [-0.3, -0.25) is 4.79 Å². The standard InChI is InChI=1S/C21H25NO3/c1-22-14-16(13-21(22)24)7-10-19(23)15-25-20-11-8-18(9-12-20)17-5-3-2-4-6-17/h2-6,8-9,11-12,16,19,23H,7,10,13-15H2,1H3. The van der Waals surface area contributed by atoms with Crippen molar-refractivity contribution in [1.29, 1.82) is 0 Å². The molecule has 1 saturated heterocycles. The lowest BCUT2D eigenvalue weighted by atomic mass is 10.0. The van der Waals surface area contributed by atoms with Crippen LogP contribution in [0.25, 0.3) is 11.1 Å². The van der Waals surface area contributed by atoms with Crippen molar-refractivity contribution in [3.63, 3.8) is 0 Å². The third-order valence-corrected chi connectivity index (χ3v) is 4.73. The van der Waals surface area contributed by atoms with Gasteiger partial charge >= 0.3 is 0 Å². The zero-order valence-corrected chi connectivity index (χ0v) is 14.6. The normalized spacial score (nSPS) is 18.4. The van der Waals surface area contributed by atoms with Crippen LogP contribution in [-0.2, 0) is 4.79 Å². The van der Waals surface area contributed by atoms with Gasteiger partial charge < -0.3 is 14.7 Å². The van der Waals surface area contributed by atoms with E-state index in [1.807, 2.05) is 49.5 Å². The van der Waals surface area contributed by atoms with E-state index >= 15 is 0 Å². The van der Waals surface area contributed by atoms with E-state index in [2.05, 4.69) is 12.1 Å². The number of ether oxygens (including phenoxy) is 1. The van der Waals surface area contributed by atoms with Crippen molar-refractivity contribution in [1.82, 2.24) is 4.90 Å². The van der Waals surface area contributed by atoms with Crippen LogP contribution in [0, 0.1) is 5.92 Å². The third kappa shape index (κ3) is 4.83. The molecule has 2 unspecified atom stereocenters. The number of likely N-dealkylation sites (tertiary alicyclic amines) is 1. The van der Waals surface area contributed by atoms with E-state index in [9.17, 15) is 9.90 Å². The van der Waals surface area contributed by atoms with Crippen LogP contribution in [0.1, 0.15) is 19.3 Å². The van der Waals surface area contributed by atoms with Gasteiger partial charge in [-0.25, -0.2) is 0 Å². The number of carbonyl (C=O) groups excluding carboxylic acids is 1. The molecule has 2 aromatic carbocycles. The van der Waals surface area contributed by atoms with Gasteiger partial charge in [-0.1, -0.05) is 42.5 Å². The van der Waals surface area contributed by atoms with Crippen molar-refractivity contribution >= 4 is 5.91 Å². The quantitative estimate of drug-likeness (QED) is 0.841. The van der Waals surface area contributed by atoms with Crippen LogP contribution in [0.4, 0.5) is 0 Å². The second-order valence-electron chi connectivity index (χ2n) is 6.78. The monoisotopic (exact) mass is 339 g/mol. The van der Waals surface area contributed by atoms with Crippen molar-refractivity contribution in [2.75, 3.05) is 20.2 Å². The first kappa shape index (κ1) is 17.5. The minimum atomic E-state index is -0.505. The van der Waals surface area contributed by atoms with Gasteiger partial charge in [0.1, 0.15) is 12.4 Å². The molecule has 132 valence electrons. The minimum Gasteiger partial charge on any atom is -0.491 e. The van der Waals surface area contributed by atoms with Gasteiger partial charge in [-0.2, -0.15) is 0 Å². The predicted octanol–water partition coefficient (Wildman–Crippen LogP) is 3.35. The molecule has 2 atom stereocenters. The summed E-state index contributed by atoms with van der Waals surface area (Å²) in [6.45, 7) is 1.08. The van der Waals surface area contributed by atoms with E-state index in [1.165, 1.54) is 5.56 Å². The molecule has 0 bridgehead atoms. The maximum absolute atomic E-state index is 11.5. The lowest BCUT2D eigenvalue weighted by molar-refractivity contribution is -0.126. The van der Waals surface area contributed by atoms with E-state index in [0.29, 0.717) is 18.8 Å². The zero-order chi connectivity index (χ0) is 17.6. The summed E-state index contributed by atoms with van der Waals surface area (Å²) in [5, 5.41) is 10.1. The Morgan fingerprint density at radius 3 is 2.44 bits per heavy atom. The Bertz CT molecular complexity index is 684. The van der Waals surface area contributed by atoms with Gasteiger partial charge in [0.25, 0.3) is 0 Å². The molecule has 4 nitrogen and oxygen atoms in total. The molecule has 1 N–H and O–H groups in total. The topological polar surface area (TPSA) is 49.8 Å². The number of benzene rings is 2. The average Bonchev–Trinajstić information content (AvgIpc) is 2.97. The smallest absolute Gasteiger partial charge is 0.222 e. The molecule has 2 aromatic rings. The van der Waals surface area contributed by atoms with Crippen molar-refractivity contribution < 1.29 is 14.6 Å². The molecule has 0 spiro atoms. The summed E-state index contributed by atoms with van der Waals surface area (Å²) in [6, 6.07) is 18.1. The molecule has 25 heavy (non-hydrogen) atoms. The van der Waals surface area contributed by atoms with Crippen LogP contribution in [0.2, 0.25) is 0 Å². The second kappa shape index (κ2) is 8.17. The highest BCUT2D eigenvalue weighted by Crippen LogP contribution is 2.23. The highest BCUT2D eigenvalue weighted by molar-refractivity contribution is 5.78. The van der Waals surface area contributed by atoms with Gasteiger partial charge in [-0.05, 0) is 42.0 Å². The Kier molecular flexibility index (Phi) is 5.71. The predicted molar refractivity (Wildman–Crippen MR) is 98.4 cm³/mol.